The van der Waals surface area contributed by atoms with Crippen molar-refractivity contribution >= 4 is 17.3 Å². The van der Waals surface area contributed by atoms with Crippen LogP contribution in [0, 0.1) is 10.1 Å². The SMILES string of the molecule is C[C@@]1(NC(=O)c2ccc(N3CCCC3)c([N+](=O)[O-])c2)CCCOC1. The van der Waals surface area contributed by atoms with Gasteiger partial charge >= 0.3 is 0 Å². The van der Waals surface area contributed by atoms with Gasteiger partial charge in [0, 0.05) is 31.3 Å². The fourth-order valence-corrected chi connectivity index (χ4v) is 3.42. The Hall–Kier alpha value is -2.15. The molecule has 1 aromatic carbocycles. The summed E-state index contributed by atoms with van der Waals surface area (Å²) < 4.78 is 5.44. The monoisotopic (exact) mass is 333 g/mol. The molecular weight excluding hydrogens is 310 g/mol. The van der Waals surface area contributed by atoms with Crippen LogP contribution >= 0.6 is 0 Å². The fraction of sp³-hybridized carbons (Fsp3) is 0.588. The van der Waals surface area contributed by atoms with E-state index in [1.54, 1.807) is 12.1 Å². The summed E-state index contributed by atoms with van der Waals surface area (Å²) in [6, 6.07) is 4.75. The van der Waals surface area contributed by atoms with Gasteiger partial charge in [-0.1, -0.05) is 0 Å². The highest BCUT2D eigenvalue weighted by atomic mass is 16.6. The molecular formula is C17H23N3O4. The zero-order valence-electron chi connectivity index (χ0n) is 13.9. The molecule has 0 aromatic heterocycles. The van der Waals surface area contributed by atoms with Gasteiger partial charge in [-0.3, -0.25) is 14.9 Å². The van der Waals surface area contributed by atoms with Gasteiger partial charge in [0.05, 0.1) is 17.1 Å². The molecule has 2 saturated heterocycles. The minimum absolute atomic E-state index is 0.00500. The number of ether oxygens (including phenoxy) is 1. The Bertz CT molecular complexity index is 635. The molecule has 2 heterocycles. The van der Waals surface area contributed by atoms with Crippen molar-refractivity contribution in [3.8, 4) is 0 Å². The first-order valence-corrected chi connectivity index (χ1v) is 8.42. The van der Waals surface area contributed by atoms with Gasteiger partial charge in [0.25, 0.3) is 11.6 Å². The van der Waals surface area contributed by atoms with E-state index in [4.69, 9.17) is 4.74 Å². The Morgan fingerprint density at radius 3 is 2.71 bits per heavy atom. The summed E-state index contributed by atoms with van der Waals surface area (Å²) in [7, 11) is 0. The number of nitro groups is 1. The van der Waals surface area contributed by atoms with Crippen LogP contribution in [0.2, 0.25) is 0 Å². The van der Waals surface area contributed by atoms with E-state index >= 15 is 0 Å². The molecule has 130 valence electrons. The molecule has 7 nitrogen and oxygen atoms in total. The molecule has 0 radical (unpaired) electrons. The summed E-state index contributed by atoms with van der Waals surface area (Å²) in [4.78, 5) is 25.6. The van der Waals surface area contributed by atoms with Gasteiger partial charge in [0.1, 0.15) is 5.69 Å². The topological polar surface area (TPSA) is 84.7 Å². The third kappa shape index (κ3) is 3.51. The van der Waals surface area contributed by atoms with E-state index in [0.29, 0.717) is 24.5 Å². The molecule has 2 aliphatic rings. The van der Waals surface area contributed by atoms with Crippen LogP contribution in [0.3, 0.4) is 0 Å². The Labute approximate surface area is 141 Å². The summed E-state index contributed by atoms with van der Waals surface area (Å²) in [5, 5.41) is 14.4. The molecule has 2 aliphatic heterocycles. The minimum Gasteiger partial charge on any atom is -0.379 e. The van der Waals surface area contributed by atoms with Crippen molar-refractivity contribution < 1.29 is 14.5 Å². The summed E-state index contributed by atoms with van der Waals surface area (Å²) in [6.07, 6.45) is 3.81. The summed E-state index contributed by atoms with van der Waals surface area (Å²) >= 11 is 0. The highest BCUT2D eigenvalue weighted by Crippen LogP contribution is 2.32. The van der Waals surface area contributed by atoms with E-state index in [1.807, 2.05) is 11.8 Å². The molecule has 1 aromatic rings. The second-order valence-electron chi connectivity index (χ2n) is 6.83. The summed E-state index contributed by atoms with van der Waals surface area (Å²) in [5.41, 5.74) is 0.491. The van der Waals surface area contributed by atoms with Crippen LogP contribution in [-0.4, -0.2) is 42.7 Å². The first-order chi connectivity index (χ1) is 11.5. The van der Waals surface area contributed by atoms with Crippen LogP contribution in [0.15, 0.2) is 18.2 Å². The number of hydrogen-bond donors (Lipinski definition) is 1. The average molecular weight is 333 g/mol. The molecule has 7 heteroatoms. The molecule has 24 heavy (non-hydrogen) atoms. The molecule has 2 fully saturated rings. The van der Waals surface area contributed by atoms with Crippen molar-refractivity contribution in [1.82, 2.24) is 5.32 Å². The maximum atomic E-state index is 12.5. The Morgan fingerprint density at radius 2 is 2.08 bits per heavy atom. The van der Waals surface area contributed by atoms with Crippen LogP contribution < -0.4 is 10.2 Å². The van der Waals surface area contributed by atoms with E-state index in [0.717, 1.165) is 38.8 Å². The van der Waals surface area contributed by atoms with Crippen LogP contribution in [0.25, 0.3) is 0 Å². The number of carbonyl (C=O) groups excluding carboxylic acids is 1. The van der Waals surface area contributed by atoms with E-state index in [-0.39, 0.29) is 11.6 Å². The normalized spacial score (nSPS) is 24.0. The highest BCUT2D eigenvalue weighted by molar-refractivity contribution is 5.96. The van der Waals surface area contributed by atoms with Gasteiger partial charge in [-0.2, -0.15) is 0 Å². The lowest BCUT2D eigenvalue weighted by Crippen LogP contribution is -2.51. The zero-order valence-corrected chi connectivity index (χ0v) is 13.9. The Kier molecular flexibility index (Phi) is 4.71. The summed E-state index contributed by atoms with van der Waals surface area (Å²) in [6.45, 7) is 4.76. The molecule has 1 atom stereocenters. The largest absolute Gasteiger partial charge is 0.379 e. The lowest BCUT2D eigenvalue weighted by molar-refractivity contribution is -0.384. The van der Waals surface area contributed by atoms with Crippen molar-refractivity contribution in [1.29, 1.82) is 0 Å². The van der Waals surface area contributed by atoms with Crippen LogP contribution in [0.4, 0.5) is 11.4 Å². The zero-order chi connectivity index (χ0) is 17.2. The number of amides is 1. The molecule has 1 N–H and O–H groups in total. The van der Waals surface area contributed by atoms with Crippen molar-refractivity contribution in [2.45, 2.75) is 38.1 Å². The molecule has 0 saturated carbocycles. The number of nitrogens with zero attached hydrogens (tertiary/aromatic N) is 2. The van der Waals surface area contributed by atoms with Gasteiger partial charge in [-0.15, -0.1) is 0 Å². The molecule has 0 aliphatic carbocycles. The van der Waals surface area contributed by atoms with Crippen molar-refractivity contribution in [3.05, 3.63) is 33.9 Å². The molecule has 0 spiro atoms. The second kappa shape index (κ2) is 6.76. The predicted molar refractivity (Wildman–Crippen MR) is 90.5 cm³/mol. The number of carbonyl (C=O) groups is 1. The Balaban J connectivity index is 1.81. The molecule has 0 unspecified atom stereocenters. The van der Waals surface area contributed by atoms with E-state index in [1.165, 1.54) is 6.07 Å². The third-order valence-electron chi connectivity index (χ3n) is 4.73. The maximum Gasteiger partial charge on any atom is 0.293 e. The van der Waals surface area contributed by atoms with Crippen molar-refractivity contribution in [2.24, 2.45) is 0 Å². The lowest BCUT2D eigenvalue weighted by Gasteiger charge is -2.34. The smallest absolute Gasteiger partial charge is 0.293 e. The van der Waals surface area contributed by atoms with E-state index in [9.17, 15) is 14.9 Å². The number of nitro benzene ring substituents is 1. The molecule has 3 rings (SSSR count). The minimum atomic E-state index is -0.419. The third-order valence-corrected chi connectivity index (χ3v) is 4.73. The number of hydrogen-bond acceptors (Lipinski definition) is 5. The van der Waals surface area contributed by atoms with Crippen LogP contribution in [-0.2, 0) is 4.74 Å². The van der Waals surface area contributed by atoms with E-state index in [2.05, 4.69) is 5.32 Å². The van der Waals surface area contributed by atoms with Gasteiger partial charge in [-0.25, -0.2) is 0 Å². The van der Waals surface area contributed by atoms with Gasteiger partial charge in [0.15, 0.2) is 0 Å². The number of rotatable bonds is 4. The molecule has 1 amide bonds. The fourth-order valence-electron chi connectivity index (χ4n) is 3.42. The lowest BCUT2D eigenvalue weighted by atomic mass is 9.94. The maximum absolute atomic E-state index is 12.5. The second-order valence-corrected chi connectivity index (χ2v) is 6.83. The van der Waals surface area contributed by atoms with Crippen LogP contribution in [0.1, 0.15) is 43.0 Å². The number of benzene rings is 1. The van der Waals surface area contributed by atoms with E-state index < -0.39 is 10.5 Å². The van der Waals surface area contributed by atoms with Gasteiger partial charge < -0.3 is 15.0 Å². The first kappa shape index (κ1) is 16.7. The van der Waals surface area contributed by atoms with Gasteiger partial charge in [-0.05, 0) is 44.7 Å². The predicted octanol–water partition coefficient (Wildman–Crippen LogP) is 2.49. The molecule has 0 bridgehead atoms. The average Bonchev–Trinajstić information content (AvgIpc) is 3.08. The summed E-state index contributed by atoms with van der Waals surface area (Å²) in [5.74, 6) is -0.293. The highest BCUT2D eigenvalue weighted by Gasteiger charge is 2.31. The standard InChI is InChI=1S/C17H23N3O4/c1-17(7-4-10-24-12-17)18-16(21)13-5-6-14(15(11-13)20(22)23)19-8-2-3-9-19/h5-6,11H,2-4,7-10,12H2,1H3,(H,18,21)/t17-/m1/s1. The first-order valence-electron chi connectivity index (χ1n) is 8.42. The van der Waals surface area contributed by atoms with Crippen molar-refractivity contribution in [2.75, 3.05) is 31.2 Å². The van der Waals surface area contributed by atoms with Crippen LogP contribution in [0.5, 0.6) is 0 Å². The van der Waals surface area contributed by atoms with Crippen molar-refractivity contribution in [3.63, 3.8) is 0 Å². The number of nitrogens with one attached hydrogen (secondary N) is 1. The quantitative estimate of drug-likeness (QED) is 0.676. The van der Waals surface area contributed by atoms with Gasteiger partial charge in [0.2, 0.25) is 0 Å². The number of anilines is 1. The Morgan fingerprint density at radius 1 is 1.33 bits per heavy atom.